The van der Waals surface area contributed by atoms with Crippen molar-refractivity contribution in [2.24, 2.45) is 0 Å². The molecule has 1 atom stereocenters. The van der Waals surface area contributed by atoms with Gasteiger partial charge in [-0.15, -0.1) is 0 Å². The maximum Gasteiger partial charge on any atom is 0.407 e. The zero-order valence-electron chi connectivity index (χ0n) is 17.7. The fourth-order valence-electron chi connectivity index (χ4n) is 3.05. The third-order valence-electron chi connectivity index (χ3n) is 4.55. The van der Waals surface area contributed by atoms with Crippen LogP contribution in [-0.2, 0) is 9.53 Å². The van der Waals surface area contributed by atoms with Crippen molar-refractivity contribution in [3.05, 3.63) is 72.1 Å². The zero-order valence-corrected chi connectivity index (χ0v) is 17.7. The van der Waals surface area contributed by atoms with Gasteiger partial charge in [-0.05, 0) is 56.8 Å². The standard InChI is InChI=1S/C24H27N3O3/c1-16-5-7-17(8-6-16)21(15-26-23(29)30-24(2,3)4)22(28)27-20-10-9-19-14-25-12-11-18(19)13-20/h5-14,21H,15H2,1-4H3,(H,26,29)(H,27,28)/t21-/m0/s1. The normalized spacial score (nSPS) is 12.3. The van der Waals surface area contributed by atoms with Crippen molar-refractivity contribution < 1.29 is 14.3 Å². The van der Waals surface area contributed by atoms with Gasteiger partial charge < -0.3 is 15.4 Å². The molecule has 1 heterocycles. The number of carbonyl (C=O) groups excluding carboxylic acids is 2. The van der Waals surface area contributed by atoms with Crippen LogP contribution in [0.15, 0.2) is 60.9 Å². The van der Waals surface area contributed by atoms with Gasteiger partial charge >= 0.3 is 6.09 Å². The highest BCUT2D eigenvalue weighted by molar-refractivity contribution is 5.98. The largest absolute Gasteiger partial charge is 0.444 e. The molecule has 30 heavy (non-hydrogen) atoms. The van der Waals surface area contributed by atoms with E-state index in [4.69, 9.17) is 4.74 Å². The Labute approximate surface area is 176 Å². The number of nitrogens with one attached hydrogen (secondary N) is 2. The lowest BCUT2D eigenvalue weighted by molar-refractivity contribution is -0.117. The lowest BCUT2D eigenvalue weighted by atomic mass is 9.97. The number of rotatable bonds is 5. The quantitative estimate of drug-likeness (QED) is 0.640. The summed E-state index contributed by atoms with van der Waals surface area (Å²) in [5.41, 5.74) is 2.00. The SMILES string of the molecule is Cc1ccc([C@H](CNC(=O)OC(C)(C)C)C(=O)Nc2ccc3cnccc3c2)cc1. The third kappa shape index (κ3) is 5.80. The average molecular weight is 405 g/mol. The Hall–Kier alpha value is -3.41. The Morgan fingerprint density at radius 1 is 1.03 bits per heavy atom. The van der Waals surface area contributed by atoms with Crippen molar-refractivity contribution in [1.29, 1.82) is 0 Å². The number of benzene rings is 2. The molecule has 0 saturated carbocycles. The van der Waals surface area contributed by atoms with E-state index in [-0.39, 0.29) is 12.5 Å². The number of fused-ring (bicyclic) bond motifs is 1. The fraction of sp³-hybridized carbons (Fsp3) is 0.292. The maximum absolute atomic E-state index is 13.1. The first-order valence-electron chi connectivity index (χ1n) is 9.89. The number of hydrogen-bond acceptors (Lipinski definition) is 4. The average Bonchev–Trinajstić information content (AvgIpc) is 2.68. The Morgan fingerprint density at radius 3 is 2.47 bits per heavy atom. The highest BCUT2D eigenvalue weighted by Crippen LogP contribution is 2.22. The maximum atomic E-state index is 13.1. The number of ether oxygens (including phenoxy) is 1. The molecule has 0 aliphatic heterocycles. The van der Waals surface area contributed by atoms with Crippen LogP contribution in [0.1, 0.15) is 37.8 Å². The van der Waals surface area contributed by atoms with Gasteiger partial charge in [-0.25, -0.2) is 4.79 Å². The van der Waals surface area contributed by atoms with Gasteiger partial charge in [-0.2, -0.15) is 0 Å². The number of hydrogen-bond donors (Lipinski definition) is 2. The summed E-state index contributed by atoms with van der Waals surface area (Å²) in [5.74, 6) is -0.769. The van der Waals surface area contributed by atoms with E-state index in [2.05, 4.69) is 15.6 Å². The number of pyridine rings is 1. The first-order valence-corrected chi connectivity index (χ1v) is 9.89. The summed E-state index contributed by atoms with van der Waals surface area (Å²) < 4.78 is 5.30. The van der Waals surface area contributed by atoms with Gasteiger partial charge in [-0.1, -0.05) is 35.9 Å². The summed E-state index contributed by atoms with van der Waals surface area (Å²) in [6.07, 6.45) is 2.94. The van der Waals surface area contributed by atoms with Crippen LogP contribution in [0.2, 0.25) is 0 Å². The highest BCUT2D eigenvalue weighted by atomic mass is 16.6. The first-order chi connectivity index (χ1) is 14.2. The van der Waals surface area contributed by atoms with E-state index >= 15 is 0 Å². The number of anilines is 1. The molecule has 2 N–H and O–H groups in total. The van der Waals surface area contributed by atoms with Crippen LogP contribution < -0.4 is 10.6 Å². The monoisotopic (exact) mass is 405 g/mol. The van der Waals surface area contributed by atoms with Crippen molar-refractivity contribution in [3.63, 3.8) is 0 Å². The summed E-state index contributed by atoms with van der Waals surface area (Å²) in [7, 11) is 0. The van der Waals surface area contributed by atoms with Crippen LogP contribution >= 0.6 is 0 Å². The molecule has 156 valence electrons. The molecule has 2 aromatic carbocycles. The van der Waals surface area contributed by atoms with Gasteiger partial charge in [0.25, 0.3) is 0 Å². The van der Waals surface area contributed by atoms with Crippen LogP contribution in [0.4, 0.5) is 10.5 Å². The smallest absolute Gasteiger partial charge is 0.407 e. The highest BCUT2D eigenvalue weighted by Gasteiger charge is 2.23. The minimum Gasteiger partial charge on any atom is -0.444 e. The van der Waals surface area contributed by atoms with Crippen molar-refractivity contribution >= 4 is 28.5 Å². The summed E-state index contributed by atoms with van der Waals surface area (Å²) in [5, 5.41) is 7.67. The first kappa shape index (κ1) is 21.3. The Morgan fingerprint density at radius 2 is 1.77 bits per heavy atom. The Balaban J connectivity index is 1.78. The molecular weight excluding hydrogens is 378 g/mol. The van der Waals surface area contributed by atoms with Crippen molar-refractivity contribution in [2.75, 3.05) is 11.9 Å². The lowest BCUT2D eigenvalue weighted by Gasteiger charge is -2.22. The molecule has 0 bridgehead atoms. The predicted octanol–water partition coefficient (Wildman–Crippen LogP) is 4.79. The number of nitrogens with zero attached hydrogens (tertiary/aromatic N) is 1. The number of amides is 2. The molecule has 0 saturated heterocycles. The van der Waals surface area contributed by atoms with E-state index < -0.39 is 17.6 Å². The Kier molecular flexibility index (Phi) is 6.35. The van der Waals surface area contributed by atoms with Crippen LogP contribution in [-0.4, -0.2) is 29.1 Å². The number of carbonyl (C=O) groups is 2. The molecule has 1 aromatic heterocycles. The predicted molar refractivity (Wildman–Crippen MR) is 119 cm³/mol. The molecule has 0 fully saturated rings. The number of alkyl carbamates (subject to hydrolysis) is 1. The van der Waals surface area contributed by atoms with E-state index in [0.717, 1.165) is 21.9 Å². The second kappa shape index (κ2) is 8.95. The minimum atomic E-state index is -0.606. The van der Waals surface area contributed by atoms with E-state index in [0.29, 0.717) is 5.69 Å². The van der Waals surface area contributed by atoms with E-state index in [1.54, 1.807) is 33.2 Å². The molecule has 3 rings (SSSR count). The molecule has 6 nitrogen and oxygen atoms in total. The van der Waals surface area contributed by atoms with E-state index in [1.165, 1.54) is 0 Å². The molecule has 0 spiro atoms. The molecule has 0 unspecified atom stereocenters. The minimum absolute atomic E-state index is 0.126. The van der Waals surface area contributed by atoms with Gasteiger partial charge in [0, 0.05) is 30.0 Å². The molecule has 0 aliphatic rings. The van der Waals surface area contributed by atoms with Gasteiger partial charge in [0.05, 0.1) is 5.92 Å². The van der Waals surface area contributed by atoms with Gasteiger partial charge in [-0.3, -0.25) is 9.78 Å². The molecule has 0 aliphatic carbocycles. The topological polar surface area (TPSA) is 80.3 Å². The van der Waals surface area contributed by atoms with E-state index in [1.807, 2.05) is 55.5 Å². The van der Waals surface area contributed by atoms with Crippen LogP contribution in [0, 0.1) is 6.92 Å². The van der Waals surface area contributed by atoms with Gasteiger partial charge in [0.15, 0.2) is 0 Å². The molecule has 2 amide bonds. The number of aromatic nitrogens is 1. The third-order valence-corrected chi connectivity index (χ3v) is 4.55. The summed E-state index contributed by atoms with van der Waals surface area (Å²) >= 11 is 0. The molecular formula is C24H27N3O3. The van der Waals surface area contributed by atoms with Crippen molar-refractivity contribution in [2.45, 2.75) is 39.2 Å². The lowest BCUT2D eigenvalue weighted by Crippen LogP contribution is -2.37. The number of aryl methyl sites for hydroxylation is 1. The Bertz CT molecular complexity index is 1040. The summed E-state index contributed by atoms with van der Waals surface area (Å²) in [6, 6.07) is 15.3. The zero-order chi connectivity index (χ0) is 21.7. The second-order valence-electron chi connectivity index (χ2n) is 8.27. The summed E-state index contributed by atoms with van der Waals surface area (Å²) in [4.78, 5) is 29.3. The van der Waals surface area contributed by atoms with Crippen LogP contribution in [0.3, 0.4) is 0 Å². The van der Waals surface area contributed by atoms with Gasteiger partial charge in [0.2, 0.25) is 5.91 Å². The fourth-order valence-corrected chi connectivity index (χ4v) is 3.05. The van der Waals surface area contributed by atoms with Crippen LogP contribution in [0.25, 0.3) is 10.8 Å². The second-order valence-corrected chi connectivity index (χ2v) is 8.27. The molecule has 6 heteroatoms. The molecule has 0 radical (unpaired) electrons. The summed E-state index contributed by atoms with van der Waals surface area (Å²) in [6.45, 7) is 7.51. The van der Waals surface area contributed by atoms with Crippen molar-refractivity contribution in [1.82, 2.24) is 10.3 Å². The van der Waals surface area contributed by atoms with Gasteiger partial charge in [0.1, 0.15) is 5.60 Å². The van der Waals surface area contributed by atoms with Crippen LogP contribution in [0.5, 0.6) is 0 Å². The van der Waals surface area contributed by atoms with Crippen molar-refractivity contribution in [3.8, 4) is 0 Å². The molecule has 3 aromatic rings. The van der Waals surface area contributed by atoms with E-state index in [9.17, 15) is 9.59 Å².